The topological polar surface area (TPSA) is 65.2 Å². The molecule has 19 heavy (non-hydrogen) atoms. The number of aromatic nitrogens is 1. The van der Waals surface area contributed by atoms with Crippen LogP contribution in [-0.2, 0) is 11.2 Å². The van der Waals surface area contributed by atoms with Crippen LogP contribution >= 0.6 is 0 Å². The molecule has 2 unspecified atom stereocenters. The highest BCUT2D eigenvalue weighted by Crippen LogP contribution is 2.28. The molecule has 1 heterocycles. The lowest BCUT2D eigenvalue weighted by Gasteiger charge is -2.16. The summed E-state index contributed by atoms with van der Waals surface area (Å²) in [5.74, 6) is 1.05. The van der Waals surface area contributed by atoms with E-state index in [0.717, 1.165) is 41.8 Å². The van der Waals surface area contributed by atoms with Gasteiger partial charge in [0.25, 0.3) is 0 Å². The van der Waals surface area contributed by atoms with Crippen molar-refractivity contribution in [2.45, 2.75) is 45.6 Å². The summed E-state index contributed by atoms with van der Waals surface area (Å²) in [6, 6.07) is 0.0279. The van der Waals surface area contributed by atoms with Crippen LogP contribution in [0.1, 0.15) is 36.1 Å². The standard InChI is InChI=1S/C15H22N2O2/c1-9-8-17-13(10(2)15(9)19-3)7-14(18)11-5-4-6-12(11)16/h8,11-12H,4-7,16H2,1-3H3. The fourth-order valence-corrected chi connectivity index (χ4v) is 2.93. The van der Waals surface area contributed by atoms with Crippen molar-refractivity contribution in [3.05, 3.63) is 23.0 Å². The van der Waals surface area contributed by atoms with Gasteiger partial charge in [-0.05, 0) is 26.7 Å². The van der Waals surface area contributed by atoms with Crippen molar-refractivity contribution < 1.29 is 9.53 Å². The van der Waals surface area contributed by atoms with Crippen molar-refractivity contribution >= 4 is 5.78 Å². The van der Waals surface area contributed by atoms with Gasteiger partial charge < -0.3 is 10.5 Å². The number of nitrogens with two attached hydrogens (primary N) is 1. The Kier molecular flexibility index (Phi) is 4.20. The molecular formula is C15H22N2O2. The van der Waals surface area contributed by atoms with E-state index >= 15 is 0 Å². The van der Waals surface area contributed by atoms with Crippen LogP contribution in [0.3, 0.4) is 0 Å². The molecular weight excluding hydrogens is 240 g/mol. The zero-order chi connectivity index (χ0) is 14.0. The van der Waals surface area contributed by atoms with E-state index in [1.165, 1.54) is 0 Å². The maximum atomic E-state index is 12.3. The van der Waals surface area contributed by atoms with Gasteiger partial charge in [-0.1, -0.05) is 6.42 Å². The molecule has 4 heteroatoms. The lowest BCUT2D eigenvalue weighted by atomic mass is 9.94. The number of nitrogens with zero attached hydrogens (tertiary/aromatic N) is 1. The number of carbonyl (C=O) groups is 1. The van der Waals surface area contributed by atoms with Crippen LogP contribution < -0.4 is 10.5 Å². The van der Waals surface area contributed by atoms with Crippen LogP contribution in [0.2, 0.25) is 0 Å². The monoisotopic (exact) mass is 262 g/mol. The van der Waals surface area contributed by atoms with E-state index < -0.39 is 0 Å². The molecule has 1 fully saturated rings. The number of ether oxygens (including phenoxy) is 1. The Morgan fingerprint density at radius 3 is 2.79 bits per heavy atom. The summed E-state index contributed by atoms with van der Waals surface area (Å²) in [4.78, 5) is 16.7. The van der Waals surface area contributed by atoms with Crippen LogP contribution in [0.4, 0.5) is 0 Å². The van der Waals surface area contributed by atoms with Gasteiger partial charge in [-0.25, -0.2) is 0 Å². The van der Waals surface area contributed by atoms with E-state index in [4.69, 9.17) is 10.5 Å². The zero-order valence-corrected chi connectivity index (χ0v) is 11.9. The number of hydrogen-bond acceptors (Lipinski definition) is 4. The minimum absolute atomic E-state index is 0.00787. The van der Waals surface area contributed by atoms with Gasteiger partial charge in [0.1, 0.15) is 11.5 Å². The summed E-state index contributed by atoms with van der Waals surface area (Å²) in [5, 5.41) is 0. The molecule has 2 rings (SSSR count). The molecule has 104 valence electrons. The van der Waals surface area contributed by atoms with Gasteiger partial charge in [0.15, 0.2) is 0 Å². The number of pyridine rings is 1. The average molecular weight is 262 g/mol. The first kappa shape index (κ1) is 14.0. The molecule has 1 aliphatic rings. The SMILES string of the molecule is COc1c(C)cnc(CC(=O)C2CCCC2N)c1C. The van der Waals surface area contributed by atoms with E-state index in [2.05, 4.69) is 4.98 Å². The van der Waals surface area contributed by atoms with Gasteiger partial charge in [0, 0.05) is 35.7 Å². The maximum absolute atomic E-state index is 12.3. The third-order valence-corrected chi connectivity index (χ3v) is 4.07. The number of rotatable bonds is 4. The highest BCUT2D eigenvalue weighted by Gasteiger charge is 2.30. The van der Waals surface area contributed by atoms with E-state index in [1.54, 1.807) is 13.3 Å². The second kappa shape index (κ2) is 5.70. The Morgan fingerprint density at radius 1 is 1.47 bits per heavy atom. The first-order valence-electron chi connectivity index (χ1n) is 6.82. The van der Waals surface area contributed by atoms with Crippen LogP contribution in [0, 0.1) is 19.8 Å². The fraction of sp³-hybridized carbons (Fsp3) is 0.600. The molecule has 4 nitrogen and oxygen atoms in total. The number of Topliss-reactive ketones (excluding diaryl/α,β-unsaturated/α-hetero) is 1. The van der Waals surface area contributed by atoms with E-state index in [9.17, 15) is 4.79 Å². The van der Waals surface area contributed by atoms with Crippen molar-refractivity contribution in [2.24, 2.45) is 11.7 Å². The van der Waals surface area contributed by atoms with Gasteiger partial charge >= 0.3 is 0 Å². The second-order valence-corrected chi connectivity index (χ2v) is 5.39. The van der Waals surface area contributed by atoms with Gasteiger partial charge in [-0.3, -0.25) is 9.78 Å². The largest absolute Gasteiger partial charge is 0.496 e. The summed E-state index contributed by atoms with van der Waals surface area (Å²) >= 11 is 0. The summed E-state index contributed by atoms with van der Waals surface area (Å²) in [6.45, 7) is 3.91. The lowest BCUT2D eigenvalue weighted by molar-refractivity contribution is -0.122. The predicted molar refractivity (Wildman–Crippen MR) is 74.3 cm³/mol. The summed E-state index contributed by atoms with van der Waals surface area (Å²) in [7, 11) is 1.65. The van der Waals surface area contributed by atoms with E-state index in [0.29, 0.717) is 6.42 Å². The smallest absolute Gasteiger partial charge is 0.143 e. The molecule has 0 spiro atoms. The lowest BCUT2D eigenvalue weighted by Crippen LogP contribution is -2.31. The zero-order valence-electron chi connectivity index (χ0n) is 11.9. The summed E-state index contributed by atoms with van der Waals surface area (Å²) in [6.07, 6.45) is 5.06. The number of aryl methyl sites for hydroxylation is 1. The number of ketones is 1. The first-order valence-corrected chi connectivity index (χ1v) is 6.82. The van der Waals surface area contributed by atoms with Crippen molar-refractivity contribution in [2.75, 3.05) is 7.11 Å². The third kappa shape index (κ3) is 2.78. The highest BCUT2D eigenvalue weighted by molar-refractivity contribution is 5.84. The molecule has 1 aliphatic carbocycles. The molecule has 0 radical (unpaired) electrons. The Balaban J connectivity index is 2.17. The maximum Gasteiger partial charge on any atom is 0.143 e. The van der Waals surface area contributed by atoms with Gasteiger partial charge in [-0.15, -0.1) is 0 Å². The molecule has 0 amide bonds. The summed E-state index contributed by atoms with van der Waals surface area (Å²) < 4.78 is 5.37. The molecule has 1 aromatic rings. The van der Waals surface area contributed by atoms with Crippen LogP contribution in [0.25, 0.3) is 0 Å². The second-order valence-electron chi connectivity index (χ2n) is 5.39. The predicted octanol–water partition coefficient (Wildman–Crippen LogP) is 1.95. The minimum Gasteiger partial charge on any atom is -0.496 e. The van der Waals surface area contributed by atoms with Crippen molar-refractivity contribution in [3.63, 3.8) is 0 Å². The Labute approximate surface area is 114 Å². The quantitative estimate of drug-likeness (QED) is 0.900. The van der Waals surface area contributed by atoms with Crippen LogP contribution in [0.15, 0.2) is 6.20 Å². The number of methoxy groups -OCH3 is 1. The molecule has 1 saturated carbocycles. The van der Waals surface area contributed by atoms with Gasteiger partial charge in [0.05, 0.1) is 12.8 Å². The van der Waals surface area contributed by atoms with E-state index in [1.807, 2.05) is 13.8 Å². The number of carbonyl (C=O) groups excluding carboxylic acids is 1. The molecule has 1 aromatic heterocycles. The number of hydrogen-bond donors (Lipinski definition) is 1. The van der Waals surface area contributed by atoms with Crippen molar-refractivity contribution in [3.8, 4) is 5.75 Å². The fourth-order valence-electron chi connectivity index (χ4n) is 2.93. The van der Waals surface area contributed by atoms with Crippen LogP contribution in [-0.4, -0.2) is 23.9 Å². The molecule has 0 saturated heterocycles. The van der Waals surface area contributed by atoms with Crippen molar-refractivity contribution in [1.29, 1.82) is 0 Å². The Hall–Kier alpha value is -1.42. The third-order valence-electron chi connectivity index (χ3n) is 4.07. The highest BCUT2D eigenvalue weighted by atomic mass is 16.5. The minimum atomic E-state index is 0.00787. The van der Waals surface area contributed by atoms with Gasteiger partial charge in [-0.2, -0.15) is 0 Å². The molecule has 0 bridgehead atoms. The average Bonchev–Trinajstić information content (AvgIpc) is 2.80. The van der Waals surface area contributed by atoms with Crippen molar-refractivity contribution in [1.82, 2.24) is 4.98 Å². The Bertz CT molecular complexity index is 485. The first-order chi connectivity index (χ1) is 9.04. The molecule has 0 aliphatic heterocycles. The Morgan fingerprint density at radius 2 is 2.21 bits per heavy atom. The van der Waals surface area contributed by atoms with Crippen LogP contribution in [0.5, 0.6) is 5.75 Å². The summed E-state index contributed by atoms with van der Waals surface area (Å²) in [5.41, 5.74) is 8.75. The molecule has 0 aromatic carbocycles. The molecule has 2 atom stereocenters. The normalized spacial score (nSPS) is 22.5. The van der Waals surface area contributed by atoms with E-state index in [-0.39, 0.29) is 17.7 Å². The molecule has 2 N–H and O–H groups in total. The van der Waals surface area contributed by atoms with Gasteiger partial charge in [0.2, 0.25) is 0 Å².